The fourth-order valence-corrected chi connectivity index (χ4v) is 7.58. The molecule has 0 atom stereocenters. The SMILES string of the molecule is C=C/C=C(/C=C\C=C/C)\C=C/N(/C1=C/c2c(c3ccccc3n2-c2ccc3c(c2)oc2ccccc23)CC/C=C\C1=C)c1ccccc1C1=CC=CCC=C1.CC. The fourth-order valence-electron chi connectivity index (χ4n) is 7.58. The number of hydrogen-bond donors (Lipinski definition) is 0. The standard InChI is InChI=1S/C52H44N2O.C2H6/c1-4-6-9-22-39(20-5-2)34-35-53(47-29-17-14-25-42(47)40-23-10-7-8-11-24-40)49-37-50-44(27-13-12-21-38(49)3)43-26-15-18-30-48(43)54(50)41-32-33-46-45-28-16-19-31-51(45)55-52(46)36-41;1-2/h4-7,9-12,14-26,28-37H,2-3,8,13,27H2,1H3;1-2H3/b6-4-,21-12-,22-9-,35-34-,39-20-,49-37+;. The van der Waals surface area contributed by atoms with E-state index in [4.69, 9.17) is 11.0 Å². The molecule has 0 aliphatic heterocycles. The molecule has 0 N–H and O–H groups in total. The van der Waals surface area contributed by atoms with E-state index in [9.17, 15) is 0 Å². The predicted molar refractivity (Wildman–Crippen MR) is 248 cm³/mol. The zero-order valence-corrected chi connectivity index (χ0v) is 33.2. The van der Waals surface area contributed by atoms with Gasteiger partial charge in [-0.15, -0.1) is 0 Å². The Kier molecular flexibility index (Phi) is 12.3. The number of fused-ring (bicyclic) bond motifs is 6. The number of aromatic nitrogens is 1. The van der Waals surface area contributed by atoms with Gasteiger partial charge in [0.2, 0.25) is 0 Å². The molecule has 6 aromatic rings. The topological polar surface area (TPSA) is 21.3 Å². The second kappa shape index (κ2) is 18.2. The summed E-state index contributed by atoms with van der Waals surface area (Å²) < 4.78 is 8.82. The molecule has 0 bridgehead atoms. The van der Waals surface area contributed by atoms with Crippen LogP contribution in [0.15, 0.2) is 217 Å². The van der Waals surface area contributed by atoms with Crippen molar-refractivity contribution in [1.82, 2.24) is 4.57 Å². The number of anilines is 1. The van der Waals surface area contributed by atoms with Gasteiger partial charge in [-0.05, 0) is 91.0 Å². The molecule has 8 rings (SSSR count). The van der Waals surface area contributed by atoms with Crippen LogP contribution >= 0.6 is 0 Å². The molecule has 57 heavy (non-hydrogen) atoms. The van der Waals surface area contributed by atoms with Crippen LogP contribution in [-0.4, -0.2) is 4.57 Å². The van der Waals surface area contributed by atoms with E-state index in [0.717, 1.165) is 91.8 Å². The predicted octanol–water partition coefficient (Wildman–Crippen LogP) is 15.1. The maximum absolute atomic E-state index is 6.43. The van der Waals surface area contributed by atoms with Gasteiger partial charge < -0.3 is 13.9 Å². The number of rotatable bonds is 9. The minimum Gasteiger partial charge on any atom is -0.456 e. The fraction of sp³-hybridized carbons (Fsp3) is 0.111. The van der Waals surface area contributed by atoms with Crippen LogP contribution < -0.4 is 4.90 Å². The average Bonchev–Trinajstić information content (AvgIpc) is 3.65. The van der Waals surface area contributed by atoms with Crippen LogP contribution in [-0.2, 0) is 6.42 Å². The van der Waals surface area contributed by atoms with E-state index in [-0.39, 0.29) is 0 Å². The largest absolute Gasteiger partial charge is 0.456 e. The van der Waals surface area contributed by atoms with Gasteiger partial charge in [0.25, 0.3) is 0 Å². The van der Waals surface area contributed by atoms with Gasteiger partial charge in [0.1, 0.15) is 11.2 Å². The van der Waals surface area contributed by atoms with Crippen molar-refractivity contribution < 1.29 is 4.42 Å². The van der Waals surface area contributed by atoms with E-state index in [1.807, 2.05) is 57.2 Å². The van der Waals surface area contributed by atoms with E-state index < -0.39 is 0 Å². The third-order valence-corrected chi connectivity index (χ3v) is 10.2. The maximum Gasteiger partial charge on any atom is 0.137 e. The van der Waals surface area contributed by atoms with Crippen LogP contribution in [0.5, 0.6) is 0 Å². The molecule has 0 spiro atoms. The third kappa shape index (κ3) is 8.10. The summed E-state index contributed by atoms with van der Waals surface area (Å²) in [5, 5.41) is 3.48. The van der Waals surface area contributed by atoms with Gasteiger partial charge in [-0.2, -0.15) is 0 Å². The molecule has 0 radical (unpaired) electrons. The molecule has 2 aromatic heterocycles. The Hall–Kier alpha value is -6.84. The molecule has 2 aliphatic rings. The maximum atomic E-state index is 6.43. The molecule has 0 amide bonds. The van der Waals surface area contributed by atoms with E-state index >= 15 is 0 Å². The van der Waals surface area contributed by atoms with Crippen molar-refractivity contribution in [2.75, 3.05) is 4.90 Å². The van der Waals surface area contributed by atoms with Crippen molar-refractivity contribution in [3.8, 4) is 5.69 Å². The van der Waals surface area contributed by atoms with Crippen LogP contribution in [0.2, 0.25) is 0 Å². The van der Waals surface area contributed by atoms with Gasteiger partial charge >= 0.3 is 0 Å². The van der Waals surface area contributed by atoms with E-state index in [2.05, 4.69) is 168 Å². The van der Waals surface area contributed by atoms with Gasteiger partial charge in [-0.3, -0.25) is 0 Å². The van der Waals surface area contributed by atoms with Crippen LogP contribution in [0.25, 0.3) is 50.2 Å². The second-order valence-corrected chi connectivity index (χ2v) is 13.7. The molecule has 0 saturated carbocycles. The molecule has 2 aliphatic carbocycles. The number of furan rings is 1. The lowest BCUT2D eigenvalue weighted by molar-refractivity contribution is 0.668. The van der Waals surface area contributed by atoms with Crippen molar-refractivity contribution in [2.45, 2.75) is 40.0 Å². The molecule has 0 saturated heterocycles. The normalized spacial score (nSPS) is 16.2. The number of nitrogens with zero attached hydrogens (tertiary/aromatic N) is 2. The highest BCUT2D eigenvalue weighted by Crippen LogP contribution is 2.39. The first-order valence-corrected chi connectivity index (χ1v) is 20.0. The number of hydrogen-bond acceptors (Lipinski definition) is 2. The third-order valence-electron chi connectivity index (χ3n) is 10.2. The summed E-state index contributed by atoms with van der Waals surface area (Å²) in [4.78, 5) is 2.30. The van der Waals surface area contributed by atoms with Gasteiger partial charge in [-0.25, -0.2) is 0 Å². The van der Waals surface area contributed by atoms with Crippen molar-refractivity contribution in [3.63, 3.8) is 0 Å². The van der Waals surface area contributed by atoms with Crippen LogP contribution in [0.4, 0.5) is 5.69 Å². The molecule has 3 nitrogen and oxygen atoms in total. The summed E-state index contributed by atoms with van der Waals surface area (Å²) in [5.41, 5.74) is 12.6. The van der Waals surface area contributed by atoms with Crippen LogP contribution in [0, 0.1) is 0 Å². The number of allylic oxidation sites excluding steroid dienone is 16. The summed E-state index contributed by atoms with van der Waals surface area (Å²) in [6, 6.07) is 32.2. The van der Waals surface area contributed by atoms with Crippen molar-refractivity contribution >= 4 is 50.2 Å². The highest BCUT2D eigenvalue weighted by Gasteiger charge is 2.23. The quantitative estimate of drug-likeness (QED) is 0.138. The zero-order valence-electron chi connectivity index (χ0n) is 33.2. The Bertz CT molecular complexity index is 2720. The minimum absolute atomic E-state index is 0.869. The molecular formula is C54H50N2O. The van der Waals surface area contributed by atoms with Crippen LogP contribution in [0.3, 0.4) is 0 Å². The number of benzene rings is 4. The molecule has 4 aromatic carbocycles. The molecule has 3 heteroatoms. The van der Waals surface area contributed by atoms with Crippen LogP contribution in [0.1, 0.15) is 50.4 Å². The molecule has 2 heterocycles. The zero-order chi connectivity index (χ0) is 39.6. The average molecular weight is 743 g/mol. The Morgan fingerprint density at radius 3 is 2.46 bits per heavy atom. The van der Waals surface area contributed by atoms with E-state index in [0.29, 0.717) is 0 Å². The smallest absolute Gasteiger partial charge is 0.137 e. The molecule has 0 unspecified atom stereocenters. The lowest BCUT2D eigenvalue weighted by atomic mass is 10.0. The summed E-state index contributed by atoms with van der Waals surface area (Å²) in [6.07, 6.45) is 36.8. The molecule has 0 fully saturated rings. The number of aryl methyl sites for hydroxylation is 1. The molecule has 282 valence electrons. The van der Waals surface area contributed by atoms with E-state index in [1.54, 1.807) is 0 Å². The lowest BCUT2D eigenvalue weighted by Gasteiger charge is -2.28. The summed E-state index contributed by atoms with van der Waals surface area (Å²) in [5.74, 6) is 0. The first kappa shape index (κ1) is 38.4. The van der Waals surface area contributed by atoms with Gasteiger partial charge in [-0.1, -0.05) is 161 Å². The highest BCUT2D eigenvalue weighted by molar-refractivity contribution is 6.05. The van der Waals surface area contributed by atoms with Gasteiger partial charge in [0.05, 0.1) is 22.6 Å². The lowest BCUT2D eigenvalue weighted by Crippen LogP contribution is -2.18. The minimum atomic E-state index is 0.869. The number of para-hydroxylation sites is 3. The van der Waals surface area contributed by atoms with Crippen molar-refractivity contribution in [2.24, 2.45) is 0 Å². The van der Waals surface area contributed by atoms with Crippen molar-refractivity contribution in [3.05, 3.63) is 229 Å². The van der Waals surface area contributed by atoms with Gasteiger partial charge in [0, 0.05) is 39.7 Å². The summed E-state index contributed by atoms with van der Waals surface area (Å²) >= 11 is 0. The van der Waals surface area contributed by atoms with Crippen molar-refractivity contribution in [1.29, 1.82) is 0 Å². The molecular weight excluding hydrogens is 693 g/mol. The van der Waals surface area contributed by atoms with Gasteiger partial charge in [0.15, 0.2) is 0 Å². The highest BCUT2D eigenvalue weighted by atomic mass is 16.3. The summed E-state index contributed by atoms with van der Waals surface area (Å²) in [6.45, 7) is 14.7. The Balaban J connectivity index is 0.00000244. The monoisotopic (exact) mass is 742 g/mol. The first-order chi connectivity index (χ1) is 28.1. The summed E-state index contributed by atoms with van der Waals surface area (Å²) in [7, 11) is 0. The Morgan fingerprint density at radius 1 is 0.807 bits per heavy atom. The first-order valence-electron chi connectivity index (χ1n) is 20.0. The Labute approximate surface area is 337 Å². The second-order valence-electron chi connectivity index (χ2n) is 13.7. The Morgan fingerprint density at radius 2 is 1.60 bits per heavy atom. The van der Waals surface area contributed by atoms with E-state index in [1.165, 1.54) is 10.9 Å².